The fourth-order valence-electron chi connectivity index (χ4n) is 5.62. The number of hydrogen-bond donors (Lipinski definition) is 0. The minimum absolute atomic E-state index is 1.23. The van der Waals surface area contributed by atoms with Crippen molar-refractivity contribution in [3.05, 3.63) is 70.9 Å². The van der Waals surface area contributed by atoms with Crippen molar-refractivity contribution in [2.24, 2.45) is 0 Å². The molecule has 0 aliphatic heterocycles. The number of fused-ring (bicyclic) bond motifs is 9. The lowest BCUT2D eigenvalue weighted by Crippen LogP contribution is -1.83. The van der Waals surface area contributed by atoms with E-state index in [1.54, 1.807) is 4.88 Å². The van der Waals surface area contributed by atoms with E-state index in [0.717, 1.165) is 0 Å². The summed E-state index contributed by atoms with van der Waals surface area (Å²) in [6, 6.07) is 23.4. The lowest BCUT2D eigenvalue weighted by molar-refractivity contribution is 0.576. The zero-order valence-electron chi connectivity index (χ0n) is 20.0. The third-order valence-electron chi connectivity index (χ3n) is 7.45. The van der Waals surface area contributed by atoms with Crippen LogP contribution in [-0.4, -0.2) is 0 Å². The van der Waals surface area contributed by atoms with Gasteiger partial charge in [0.2, 0.25) is 0 Å². The van der Waals surface area contributed by atoms with Crippen LogP contribution in [0.25, 0.3) is 52.5 Å². The lowest BCUT2D eigenvalue weighted by atomic mass is 9.95. The van der Waals surface area contributed by atoms with Crippen molar-refractivity contribution < 1.29 is 0 Å². The summed E-state index contributed by atoms with van der Waals surface area (Å²) in [5, 5.41) is 13.3. The van der Waals surface area contributed by atoms with E-state index < -0.39 is 0 Å². The van der Waals surface area contributed by atoms with Crippen molar-refractivity contribution in [1.29, 1.82) is 0 Å². The fraction of sp³-hybridized carbons (Fsp3) is 0.312. The van der Waals surface area contributed by atoms with Gasteiger partial charge in [-0.1, -0.05) is 88.3 Å². The molecule has 2 aromatic heterocycles. The average molecular weight is 481 g/mol. The topological polar surface area (TPSA) is 0 Å². The minimum atomic E-state index is 1.23. The molecule has 6 aromatic rings. The quantitative estimate of drug-likeness (QED) is 0.142. The van der Waals surface area contributed by atoms with Crippen LogP contribution in [0.2, 0.25) is 0 Å². The normalized spacial score (nSPS) is 12.1. The summed E-state index contributed by atoms with van der Waals surface area (Å²) in [7, 11) is 0. The number of benzene rings is 4. The van der Waals surface area contributed by atoms with E-state index in [-0.39, 0.29) is 0 Å². The third-order valence-corrected chi connectivity index (χ3v) is 9.49. The maximum absolute atomic E-state index is 2.48. The van der Waals surface area contributed by atoms with Crippen LogP contribution in [0.15, 0.2) is 66.0 Å². The second-order valence-electron chi connectivity index (χ2n) is 9.73. The molecule has 0 bridgehead atoms. The van der Waals surface area contributed by atoms with E-state index in [2.05, 4.69) is 73.0 Å². The van der Waals surface area contributed by atoms with Gasteiger partial charge in [0.1, 0.15) is 0 Å². The standard InChI is InChI=1S/C32H32S2/c1-2-3-4-5-6-7-8-9-10-22-21-30-28-14-12-23-24(26(28)16-18-32(30)34-22)11-13-27-25(23)15-17-31-29(27)19-20-33-31/h11-21H,2-10H2,1H3. The Hall–Kier alpha value is -2.42. The summed E-state index contributed by atoms with van der Waals surface area (Å²) < 4.78 is 2.80. The maximum Gasteiger partial charge on any atom is 0.0352 e. The van der Waals surface area contributed by atoms with Crippen LogP contribution in [0, 0.1) is 0 Å². The highest BCUT2D eigenvalue weighted by molar-refractivity contribution is 7.19. The summed E-state index contributed by atoms with van der Waals surface area (Å²) >= 11 is 3.83. The first-order valence-corrected chi connectivity index (χ1v) is 14.7. The van der Waals surface area contributed by atoms with Crippen LogP contribution in [0.3, 0.4) is 0 Å². The first kappa shape index (κ1) is 22.1. The number of unbranched alkanes of at least 4 members (excludes halogenated alkanes) is 7. The Morgan fingerprint density at radius 1 is 0.500 bits per heavy atom. The van der Waals surface area contributed by atoms with Crippen molar-refractivity contribution in [3.8, 4) is 0 Å². The molecule has 0 aliphatic carbocycles. The Morgan fingerprint density at radius 2 is 1.03 bits per heavy atom. The van der Waals surface area contributed by atoms with Gasteiger partial charge >= 0.3 is 0 Å². The summed E-state index contributed by atoms with van der Waals surface area (Å²) in [5.74, 6) is 0. The first-order valence-electron chi connectivity index (χ1n) is 13.0. The van der Waals surface area contributed by atoms with Gasteiger partial charge in [0.25, 0.3) is 0 Å². The fourth-order valence-corrected chi connectivity index (χ4v) is 7.54. The number of thiophene rings is 2. The molecular formula is C32H32S2. The van der Waals surface area contributed by atoms with Crippen LogP contribution in [0.4, 0.5) is 0 Å². The molecule has 172 valence electrons. The highest BCUT2D eigenvalue weighted by Crippen LogP contribution is 2.39. The molecule has 0 amide bonds. The molecule has 0 atom stereocenters. The molecule has 6 rings (SSSR count). The van der Waals surface area contributed by atoms with Gasteiger partial charge in [0.05, 0.1) is 0 Å². The van der Waals surface area contributed by atoms with Gasteiger partial charge in [0.15, 0.2) is 0 Å². The zero-order valence-corrected chi connectivity index (χ0v) is 21.7. The molecule has 0 unspecified atom stereocenters. The highest BCUT2D eigenvalue weighted by atomic mass is 32.1. The van der Waals surface area contributed by atoms with Crippen molar-refractivity contribution in [2.75, 3.05) is 0 Å². The molecule has 0 saturated heterocycles. The van der Waals surface area contributed by atoms with Crippen molar-refractivity contribution >= 4 is 75.2 Å². The molecule has 0 radical (unpaired) electrons. The van der Waals surface area contributed by atoms with E-state index >= 15 is 0 Å². The van der Waals surface area contributed by atoms with Crippen molar-refractivity contribution in [1.82, 2.24) is 0 Å². The maximum atomic E-state index is 2.48. The minimum Gasteiger partial charge on any atom is -0.144 e. The SMILES string of the molecule is CCCCCCCCCCc1cc2c(ccc3c2ccc2c4ccc5sccc5c4ccc32)s1. The lowest BCUT2D eigenvalue weighted by Gasteiger charge is -2.09. The smallest absolute Gasteiger partial charge is 0.0352 e. The van der Waals surface area contributed by atoms with Gasteiger partial charge in [-0.25, -0.2) is 0 Å². The summed E-state index contributed by atoms with van der Waals surface area (Å²) in [4.78, 5) is 1.55. The molecule has 0 spiro atoms. The first-order chi connectivity index (χ1) is 16.8. The molecule has 0 N–H and O–H groups in total. The molecule has 4 aromatic carbocycles. The zero-order chi connectivity index (χ0) is 22.9. The predicted molar refractivity (Wildman–Crippen MR) is 156 cm³/mol. The molecular weight excluding hydrogens is 448 g/mol. The summed E-state index contributed by atoms with van der Waals surface area (Å²) in [6.45, 7) is 2.29. The largest absolute Gasteiger partial charge is 0.144 e. The van der Waals surface area contributed by atoms with E-state index in [0.29, 0.717) is 0 Å². The van der Waals surface area contributed by atoms with Crippen LogP contribution < -0.4 is 0 Å². The van der Waals surface area contributed by atoms with Crippen LogP contribution in [0.1, 0.15) is 63.2 Å². The molecule has 2 heteroatoms. The van der Waals surface area contributed by atoms with Crippen LogP contribution in [-0.2, 0) is 6.42 Å². The Labute approximate surface area is 210 Å². The number of hydrogen-bond acceptors (Lipinski definition) is 2. The molecule has 2 heterocycles. The highest BCUT2D eigenvalue weighted by Gasteiger charge is 2.11. The number of aryl methyl sites for hydroxylation is 1. The predicted octanol–water partition coefficient (Wildman–Crippen LogP) is 11.3. The summed E-state index contributed by atoms with van der Waals surface area (Å²) in [6.07, 6.45) is 12.3. The molecule has 0 saturated carbocycles. The van der Waals surface area contributed by atoms with Gasteiger partial charge in [-0.2, -0.15) is 0 Å². The van der Waals surface area contributed by atoms with Gasteiger partial charge in [-0.3, -0.25) is 0 Å². The monoisotopic (exact) mass is 480 g/mol. The number of rotatable bonds is 9. The molecule has 0 nitrogen and oxygen atoms in total. The average Bonchev–Trinajstić information content (AvgIpc) is 3.52. The summed E-state index contributed by atoms with van der Waals surface area (Å²) in [5.41, 5.74) is 0. The van der Waals surface area contributed by atoms with Crippen molar-refractivity contribution in [3.63, 3.8) is 0 Å². The van der Waals surface area contributed by atoms with Crippen LogP contribution >= 0.6 is 22.7 Å². The second-order valence-corrected chi connectivity index (χ2v) is 11.8. The van der Waals surface area contributed by atoms with Gasteiger partial charge in [0, 0.05) is 25.0 Å². The van der Waals surface area contributed by atoms with E-state index in [9.17, 15) is 0 Å². The van der Waals surface area contributed by atoms with E-state index in [1.807, 2.05) is 22.7 Å². The Morgan fingerprint density at radius 3 is 1.71 bits per heavy atom. The van der Waals surface area contributed by atoms with Gasteiger partial charge < -0.3 is 0 Å². The Kier molecular flexibility index (Phi) is 6.28. The Balaban J connectivity index is 1.28. The molecule has 34 heavy (non-hydrogen) atoms. The van der Waals surface area contributed by atoms with Crippen molar-refractivity contribution in [2.45, 2.75) is 64.7 Å². The van der Waals surface area contributed by atoms with E-state index in [4.69, 9.17) is 0 Å². The Bertz CT molecular complexity index is 1600. The third kappa shape index (κ3) is 4.01. The molecule has 0 aliphatic rings. The van der Waals surface area contributed by atoms with Gasteiger partial charge in [-0.05, 0) is 74.8 Å². The molecule has 0 fully saturated rings. The van der Waals surface area contributed by atoms with Crippen LogP contribution in [0.5, 0.6) is 0 Å². The van der Waals surface area contributed by atoms with Gasteiger partial charge in [-0.15, -0.1) is 22.7 Å². The second kappa shape index (κ2) is 9.68. The van der Waals surface area contributed by atoms with E-state index in [1.165, 1.54) is 110 Å².